The van der Waals surface area contributed by atoms with E-state index in [9.17, 15) is 0 Å². The topological polar surface area (TPSA) is 61.8 Å². The van der Waals surface area contributed by atoms with Gasteiger partial charge in [-0.25, -0.2) is 0 Å². The van der Waals surface area contributed by atoms with Gasteiger partial charge in [-0.15, -0.1) is 35.3 Å². The number of aromatic nitrogens is 1. The lowest BCUT2D eigenvalue weighted by atomic mass is 10.2. The lowest BCUT2D eigenvalue weighted by Crippen LogP contribution is -2.46. The van der Waals surface area contributed by atoms with Gasteiger partial charge in [-0.05, 0) is 23.6 Å². The number of nitrogens with one attached hydrogen (secondary N) is 2. The maximum absolute atomic E-state index is 5.50. The van der Waals surface area contributed by atoms with Crippen LogP contribution in [0.25, 0.3) is 0 Å². The van der Waals surface area contributed by atoms with E-state index in [2.05, 4.69) is 43.0 Å². The van der Waals surface area contributed by atoms with E-state index in [0.717, 1.165) is 44.5 Å². The molecule has 1 aliphatic heterocycles. The highest BCUT2D eigenvalue weighted by atomic mass is 127. The van der Waals surface area contributed by atoms with Gasteiger partial charge in [0.25, 0.3) is 0 Å². The van der Waals surface area contributed by atoms with Crippen molar-refractivity contribution in [3.05, 3.63) is 52.5 Å². The average molecular weight is 487 g/mol. The van der Waals surface area contributed by atoms with Crippen molar-refractivity contribution in [3.63, 3.8) is 0 Å². The molecule has 1 atom stereocenters. The zero-order valence-corrected chi connectivity index (χ0v) is 18.1. The maximum Gasteiger partial charge on any atom is 0.191 e. The number of rotatable bonds is 6. The highest BCUT2D eigenvalue weighted by molar-refractivity contribution is 14.0. The predicted molar refractivity (Wildman–Crippen MR) is 117 cm³/mol. The van der Waals surface area contributed by atoms with Gasteiger partial charge in [-0.1, -0.05) is 12.1 Å². The Morgan fingerprint density at radius 1 is 1.27 bits per heavy atom. The van der Waals surface area contributed by atoms with Crippen LogP contribution >= 0.6 is 35.3 Å². The fourth-order valence-corrected chi connectivity index (χ4v) is 3.73. The number of guanidine groups is 1. The van der Waals surface area contributed by atoms with Gasteiger partial charge in [-0.3, -0.25) is 14.9 Å². The van der Waals surface area contributed by atoms with Crippen LogP contribution in [-0.2, 0) is 11.3 Å². The van der Waals surface area contributed by atoms with E-state index in [1.165, 1.54) is 4.88 Å². The zero-order valence-electron chi connectivity index (χ0n) is 14.9. The molecule has 1 unspecified atom stereocenters. The summed E-state index contributed by atoms with van der Waals surface area (Å²) in [6, 6.07) is 10.6. The van der Waals surface area contributed by atoms with E-state index < -0.39 is 0 Å². The molecular formula is C18H26IN5OS. The number of nitrogens with zero attached hydrogens (tertiary/aromatic N) is 3. The van der Waals surface area contributed by atoms with Gasteiger partial charge >= 0.3 is 0 Å². The molecule has 3 heterocycles. The Bertz CT molecular complexity index is 647. The second-order valence-corrected chi connectivity index (χ2v) is 6.79. The van der Waals surface area contributed by atoms with Crippen LogP contribution < -0.4 is 10.6 Å². The van der Waals surface area contributed by atoms with E-state index in [1.807, 2.05) is 18.2 Å². The van der Waals surface area contributed by atoms with E-state index in [1.54, 1.807) is 24.6 Å². The number of hydrogen-bond acceptors (Lipinski definition) is 5. The average Bonchev–Trinajstić information content (AvgIpc) is 3.20. The first-order valence-corrected chi connectivity index (χ1v) is 9.44. The third-order valence-electron chi connectivity index (χ3n) is 4.21. The van der Waals surface area contributed by atoms with Crippen molar-refractivity contribution in [1.29, 1.82) is 0 Å². The molecule has 0 aromatic carbocycles. The van der Waals surface area contributed by atoms with Crippen molar-refractivity contribution in [1.82, 2.24) is 20.5 Å². The summed E-state index contributed by atoms with van der Waals surface area (Å²) in [7, 11) is 1.79. The molecule has 3 rings (SSSR count). The molecule has 2 N–H and O–H groups in total. The lowest BCUT2D eigenvalue weighted by molar-refractivity contribution is 0.0177. The standard InChI is InChI=1S/C18H25N5OS.HI/c1-19-18(21-13-15-5-2-3-7-20-15)22-14-16(17-6-4-12-25-17)23-8-10-24-11-9-23;/h2-7,12,16H,8-11,13-14H2,1H3,(H2,19,21,22);1H. The molecule has 6 nitrogen and oxygen atoms in total. The third kappa shape index (κ3) is 6.19. The number of pyridine rings is 1. The summed E-state index contributed by atoms with van der Waals surface area (Å²) in [5.74, 6) is 0.792. The van der Waals surface area contributed by atoms with Crippen molar-refractivity contribution in [2.45, 2.75) is 12.6 Å². The smallest absolute Gasteiger partial charge is 0.191 e. The quantitative estimate of drug-likeness (QED) is 0.373. The molecule has 1 saturated heterocycles. The molecule has 2 aromatic rings. The first-order chi connectivity index (χ1) is 12.4. The number of aliphatic imine (C=N–C) groups is 1. The molecule has 0 saturated carbocycles. The zero-order chi connectivity index (χ0) is 17.3. The lowest BCUT2D eigenvalue weighted by Gasteiger charge is -2.34. The number of ether oxygens (including phenoxy) is 1. The van der Waals surface area contributed by atoms with Crippen LogP contribution in [0.4, 0.5) is 0 Å². The summed E-state index contributed by atoms with van der Waals surface area (Å²) >= 11 is 1.80. The van der Waals surface area contributed by atoms with E-state index >= 15 is 0 Å². The van der Waals surface area contributed by atoms with Crippen LogP contribution in [0, 0.1) is 0 Å². The van der Waals surface area contributed by atoms with Crippen LogP contribution in [0.2, 0.25) is 0 Å². The normalized spacial score (nSPS) is 16.6. The van der Waals surface area contributed by atoms with Gasteiger partial charge in [0.05, 0.1) is 31.5 Å². The van der Waals surface area contributed by atoms with Gasteiger partial charge < -0.3 is 15.4 Å². The molecule has 142 valence electrons. The molecule has 26 heavy (non-hydrogen) atoms. The molecule has 1 fully saturated rings. The van der Waals surface area contributed by atoms with Crippen molar-refractivity contribution in [3.8, 4) is 0 Å². The summed E-state index contributed by atoms with van der Waals surface area (Å²) in [6.45, 7) is 4.99. The largest absolute Gasteiger partial charge is 0.379 e. The second kappa shape index (κ2) is 11.5. The fraction of sp³-hybridized carbons (Fsp3) is 0.444. The summed E-state index contributed by atoms with van der Waals surface area (Å²) in [6.07, 6.45) is 1.80. The SMILES string of the molecule is CN=C(NCc1ccccn1)NCC(c1cccs1)N1CCOCC1.I. The summed E-state index contributed by atoms with van der Waals surface area (Å²) in [5, 5.41) is 8.92. The number of halogens is 1. The van der Waals surface area contributed by atoms with Gasteiger partial charge in [0.2, 0.25) is 0 Å². The third-order valence-corrected chi connectivity index (χ3v) is 5.18. The molecule has 0 bridgehead atoms. The second-order valence-electron chi connectivity index (χ2n) is 5.81. The van der Waals surface area contributed by atoms with Gasteiger partial charge in [0.15, 0.2) is 5.96 Å². The Labute approximate surface area is 176 Å². The first kappa shape index (κ1) is 21.1. The van der Waals surface area contributed by atoms with Crippen LogP contribution in [0.5, 0.6) is 0 Å². The van der Waals surface area contributed by atoms with Crippen LogP contribution in [0.1, 0.15) is 16.6 Å². The van der Waals surface area contributed by atoms with Crippen LogP contribution in [-0.4, -0.2) is 55.7 Å². The first-order valence-electron chi connectivity index (χ1n) is 8.56. The summed E-state index contributed by atoms with van der Waals surface area (Å²) in [5.41, 5.74) is 0.994. The number of thiophene rings is 1. The highest BCUT2D eigenvalue weighted by Crippen LogP contribution is 2.25. The molecule has 0 radical (unpaired) electrons. The molecule has 1 aliphatic rings. The van der Waals surface area contributed by atoms with Gasteiger partial charge in [-0.2, -0.15) is 0 Å². The molecule has 0 aliphatic carbocycles. The minimum atomic E-state index is 0. The predicted octanol–water partition coefficient (Wildman–Crippen LogP) is 2.50. The monoisotopic (exact) mass is 487 g/mol. The van der Waals surface area contributed by atoms with Crippen molar-refractivity contribution in [2.24, 2.45) is 4.99 Å². The van der Waals surface area contributed by atoms with Crippen molar-refractivity contribution >= 4 is 41.3 Å². The molecule has 8 heteroatoms. The Kier molecular flexibility index (Phi) is 9.30. The fourth-order valence-electron chi connectivity index (χ4n) is 2.87. The minimum Gasteiger partial charge on any atom is -0.379 e. The van der Waals surface area contributed by atoms with Crippen LogP contribution in [0.3, 0.4) is 0 Å². The Balaban J connectivity index is 0.00000243. The van der Waals surface area contributed by atoms with E-state index in [-0.39, 0.29) is 24.0 Å². The highest BCUT2D eigenvalue weighted by Gasteiger charge is 2.23. The summed E-state index contributed by atoms with van der Waals surface area (Å²) in [4.78, 5) is 12.5. The van der Waals surface area contributed by atoms with E-state index in [0.29, 0.717) is 12.6 Å². The van der Waals surface area contributed by atoms with Gasteiger partial charge in [0.1, 0.15) is 0 Å². The van der Waals surface area contributed by atoms with Crippen molar-refractivity contribution in [2.75, 3.05) is 39.9 Å². The number of morpholine rings is 1. The van der Waals surface area contributed by atoms with Gasteiger partial charge in [0, 0.05) is 37.8 Å². The van der Waals surface area contributed by atoms with Crippen LogP contribution in [0.15, 0.2) is 46.9 Å². The maximum atomic E-state index is 5.50. The molecule has 0 amide bonds. The van der Waals surface area contributed by atoms with E-state index in [4.69, 9.17) is 4.74 Å². The Hall–Kier alpha value is -1.23. The Morgan fingerprint density at radius 3 is 2.77 bits per heavy atom. The molecule has 0 spiro atoms. The molecule has 2 aromatic heterocycles. The molecular weight excluding hydrogens is 461 g/mol. The Morgan fingerprint density at radius 2 is 2.12 bits per heavy atom. The number of hydrogen-bond donors (Lipinski definition) is 2. The minimum absolute atomic E-state index is 0. The van der Waals surface area contributed by atoms with Crippen molar-refractivity contribution < 1.29 is 4.74 Å². The summed E-state index contributed by atoms with van der Waals surface area (Å²) < 4.78 is 5.50.